The van der Waals surface area contributed by atoms with Gasteiger partial charge in [0.25, 0.3) is 0 Å². The fourth-order valence-corrected chi connectivity index (χ4v) is 2.33. The molecule has 1 amide bonds. The van der Waals surface area contributed by atoms with Crippen LogP contribution in [0.1, 0.15) is 44.0 Å². The third-order valence-corrected chi connectivity index (χ3v) is 3.53. The lowest BCUT2D eigenvalue weighted by molar-refractivity contribution is -0.123. The second kappa shape index (κ2) is 7.79. The summed E-state index contributed by atoms with van der Waals surface area (Å²) in [6.07, 6.45) is 0.113. The maximum atomic E-state index is 12.3. The van der Waals surface area contributed by atoms with Crippen LogP contribution in [-0.4, -0.2) is 12.0 Å². The van der Waals surface area contributed by atoms with Crippen molar-refractivity contribution in [1.82, 2.24) is 5.32 Å². The van der Waals surface area contributed by atoms with Gasteiger partial charge in [-0.2, -0.15) is 0 Å². The standard InChI is InChI=1S/C19H24N2O2/c1-13(2)23-17-11-7-10-16(12-17)14(3)21-19(22)18(20)15-8-5-4-6-9-15/h4-14,18H,20H2,1-3H3,(H,21,22). The summed E-state index contributed by atoms with van der Waals surface area (Å²) in [6.45, 7) is 5.90. The van der Waals surface area contributed by atoms with Gasteiger partial charge in [0.15, 0.2) is 0 Å². The lowest BCUT2D eigenvalue weighted by Crippen LogP contribution is -2.35. The summed E-state index contributed by atoms with van der Waals surface area (Å²) < 4.78 is 5.69. The first-order valence-corrected chi connectivity index (χ1v) is 7.85. The van der Waals surface area contributed by atoms with Crippen LogP contribution in [-0.2, 0) is 4.79 Å². The Balaban J connectivity index is 2.03. The predicted molar refractivity (Wildman–Crippen MR) is 92.1 cm³/mol. The van der Waals surface area contributed by atoms with Crippen LogP contribution in [0.4, 0.5) is 0 Å². The fraction of sp³-hybridized carbons (Fsp3) is 0.316. The van der Waals surface area contributed by atoms with E-state index in [1.165, 1.54) is 0 Å². The van der Waals surface area contributed by atoms with Crippen molar-refractivity contribution in [2.45, 2.75) is 39.0 Å². The first-order valence-electron chi connectivity index (χ1n) is 7.85. The molecule has 0 bridgehead atoms. The van der Waals surface area contributed by atoms with E-state index in [0.29, 0.717) is 0 Å². The van der Waals surface area contributed by atoms with Crippen molar-refractivity contribution in [3.63, 3.8) is 0 Å². The number of benzene rings is 2. The van der Waals surface area contributed by atoms with E-state index in [4.69, 9.17) is 10.5 Å². The van der Waals surface area contributed by atoms with Crippen LogP contribution in [0.25, 0.3) is 0 Å². The van der Waals surface area contributed by atoms with Gasteiger partial charge in [-0.05, 0) is 44.0 Å². The molecule has 2 aromatic carbocycles. The summed E-state index contributed by atoms with van der Waals surface area (Å²) in [6, 6.07) is 16.3. The molecule has 2 aromatic rings. The molecule has 0 heterocycles. The molecule has 2 atom stereocenters. The van der Waals surface area contributed by atoms with Crippen molar-refractivity contribution in [3.05, 3.63) is 65.7 Å². The number of nitrogens with one attached hydrogen (secondary N) is 1. The van der Waals surface area contributed by atoms with Crippen molar-refractivity contribution < 1.29 is 9.53 Å². The lowest BCUT2D eigenvalue weighted by Gasteiger charge is -2.19. The van der Waals surface area contributed by atoms with Crippen LogP contribution in [0, 0.1) is 0 Å². The molecule has 0 aromatic heterocycles. The number of amides is 1. The van der Waals surface area contributed by atoms with Gasteiger partial charge in [0.2, 0.25) is 5.91 Å². The topological polar surface area (TPSA) is 64.3 Å². The van der Waals surface area contributed by atoms with E-state index in [0.717, 1.165) is 16.9 Å². The molecular weight excluding hydrogens is 288 g/mol. The van der Waals surface area contributed by atoms with Gasteiger partial charge in [-0.1, -0.05) is 42.5 Å². The minimum Gasteiger partial charge on any atom is -0.491 e. The Bertz CT molecular complexity index is 641. The Kier molecular flexibility index (Phi) is 5.77. The highest BCUT2D eigenvalue weighted by Crippen LogP contribution is 2.21. The van der Waals surface area contributed by atoms with Crippen LogP contribution in [0.5, 0.6) is 5.75 Å². The maximum absolute atomic E-state index is 12.3. The Morgan fingerprint density at radius 3 is 2.30 bits per heavy atom. The van der Waals surface area contributed by atoms with E-state index in [1.54, 1.807) is 0 Å². The van der Waals surface area contributed by atoms with Crippen molar-refractivity contribution >= 4 is 5.91 Å². The van der Waals surface area contributed by atoms with Crippen molar-refractivity contribution in [2.24, 2.45) is 5.73 Å². The highest BCUT2D eigenvalue weighted by Gasteiger charge is 2.18. The Labute approximate surface area is 137 Å². The summed E-state index contributed by atoms with van der Waals surface area (Å²) in [5, 5.41) is 2.96. The minimum atomic E-state index is -0.672. The van der Waals surface area contributed by atoms with Crippen LogP contribution in [0.3, 0.4) is 0 Å². The van der Waals surface area contributed by atoms with Crippen molar-refractivity contribution in [1.29, 1.82) is 0 Å². The van der Waals surface area contributed by atoms with E-state index in [2.05, 4.69) is 5.32 Å². The summed E-state index contributed by atoms with van der Waals surface area (Å²) in [5.74, 6) is 0.602. The average molecular weight is 312 g/mol. The van der Waals surface area contributed by atoms with E-state index < -0.39 is 6.04 Å². The average Bonchev–Trinajstić information content (AvgIpc) is 2.54. The van der Waals surface area contributed by atoms with Gasteiger partial charge in [0, 0.05) is 0 Å². The lowest BCUT2D eigenvalue weighted by atomic mass is 10.0. The van der Waals surface area contributed by atoms with Crippen LogP contribution < -0.4 is 15.8 Å². The van der Waals surface area contributed by atoms with Crippen LogP contribution in [0.15, 0.2) is 54.6 Å². The van der Waals surface area contributed by atoms with Crippen LogP contribution in [0.2, 0.25) is 0 Å². The quantitative estimate of drug-likeness (QED) is 0.859. The van der Waals surface area contributed by atoms with Gasteiger partial charge in [-0.15, -0.1) is 0 Å². The van der Waals surface area contributed by atoms with Gasteiger partial charge in [-0.25, -0.2) is 0 Å². The summed E-state index contributed by atoms with van der Waals surface area (Å²) >= 11 is 0. The Hall–Kier alpha value is -2.33. The Morgan fingerprint density at radius 1 is 1.00 bits per heavy atom. The van der Waals surface area contributed by atoms with Gasteiger partial charge in [-0.3, -0.25) is 4.79 Å². The minimum absolute atomic E-state index is 0.113. The third kappa shape index (κ3) is 4.83. The number of ether oxygens (including phenoxy) is 1. The molecule has 0 aliphatic heterocycles. The zero-order valence-corrected chi connectivity index (χ0v) is 13.8. The molecule has 0 fully saturated rings. The SMILES string of the molecule is CC(C)Oc1cccc(C(C)NC(=O)C(N)c2ccccc2)c1. The second-order valence-electron chi connectivity index (χ2n) is 5.86. The first-order chi connectivity index (χ1) is 11.0. The zero-order chi connectivity index (χ0) is 16.8. The summed E-state index contributed by atoms with van der Waals surface area (Å²) in [5.41, 5.74) is 7.81. The van der Waals surface area contributed by atoms with E-state index >= 15 is 0 Å². The molecule has 0 spiro atoms. The number of carbonyl (C=O) groups excluding carboxylic acids is 1. The van der Waals surface area contributed by atoms with E-state index in [-0.39, 0.29) is 18.1 Å². The molecule has 2 unspecified atom stereocenters. The number of hydrogen-bond acceptors (Lipinski definition) is 3. The van der Waals surface area contributed by atoms with Gasteiger partial charge in [0.1, 0.15) is 11.8 Å². The normalized spacial score (nSPS) is 13.4. The smallest absolute Gasteiger partial charge is 0.241 e. The molecular formula is C19H24N2O2. The molecule has 0 saturated heterocycles. The molecule has 0 aliphatic rings. The monoisotopic (exact) mass is 312 g/mol. The molecule has 4 heteroatoms. The number of rotatable bonds is 6. The van der Waals surface area contributed by atoms with Crippen molar-refractivity contribution in [2.75, 3.05) is 0 Å². The summed E-state index contributed by atoms with van der Waals surface area (Å²) in [7, 11) is 0. The third-order valence-electron chi connectivity index (χ3n) is 3.53. The van der Waals surface area contributed by atoms with E-state index in [9.17, 15) is 4.79 Å². The number of carbonyl (C=O) groups is 1. The number of nitrogens with two attached hydrogens (primary N) is 1. The molecule has 0 radical (unpaired) electrons. The van der Waals surface area contributed by atoms with Crippen LogP contribution >= 0.6 is 0 Å². The van der Waals surface area contributed by atoms with Gasteiger partial charge in [0.05, 0.1) is 12.1 Å². The second-order valence-corrected chi connectivity index (χ2v) is 5.86. The fourth-order valence-electron chi connectivity index (χ4n) is 2.33. The van der Waals surface area contributed by atoms with E-state index in [1.807, 2.05) is 75.4 Å². The molecule has 0 aliphatic carbocycles. The largest absolute Gasteiger partial charge is 0.491 e. The maximum Gasteiger partial charge on any atom is 0.241 e. The molecule has 0 saturated carbocycles. The van der Waals surface area contributed by atoms with Crippen molar-refractivity contribution in [3.8, 4) is 5.75 Å². The highest BCUT2D eigenvalue weighted by atomic mass is 16.5. The Morgan fingerprint density at radius 2 is 1.65 bits per heavy atom. The molecule has 23 heavy (non-hydrogen) atoms. The molecule has 4 nitrogen and oxygen atoms in total. The molecule has 122 valence electrons. The first kappa shape index (κ1) is 17.0. The van der Waals surface area contributed by atoms with Gasteiger partial charge < -0.3 is 15.8 Å². The summed E-state index contributed by atoms with van der Waals surface area (Å²) in [4.78, 5) is 12.3. The molecule has 3 N–H and O–H groups in total. The molecule has 2 rings (SSSR count). The highest BCUT2D eigenvalue weighted by molar-refractivity contribution is 5.83. The predicted octanol–water partition coefficient (Wildman–Crippen LogP) is 3.35. The van der Waals surface area contributed by atoms with Gasteiger partial charge >= 0.3 is 0 Å². The number of hydrogen-bond donors (Lipinski definition) is 2. The zero-order valence-electron chi connectivity index (χ0n) is 13.8.